The Labute approximate surface area is 145 Å². The summed E-state index contributed by atoms with van der Waals surface area (Å²) in [7, 11) is 1.37. The van der Waals surface area contributed by atoms with E-state index in [2.05, 4.69) is 11.7 Å². The predicted molar refractivity (Wildman–Crippen MR) is 95.1 cm³/mol. The van der Waals surface area contributed by atoms with Crippen LogP contribution in [-0.2, 0) is 16.1 Å². The molecule has 0 aliphatic rings. The molecule has 2 rings (SSSR count). The van der Waals surface area contributed by atoms with E-state index in [1.54, 1.807) is 11.0 Å². The average Bonchev–Trinajstić information content (AvgIpc) is 2.61. The van der Waals surface area contributed by atoms with Crippen LogP contribution >= 0.6 is 0 Å². The van der Waals surface area contributed by atoms with Gasteiger partial charge in [-0.15, -0.1) is 0 Å². The molecule has 0 aromatic heterocycles. The molecule has 25 heavy (non-hydrogen) atoms. The minimum Gasteiger partial charge on any atom is -0.505 e. The predicted octanol–water partition coefficient (Wildman–Crippen LogP) is 3.56. The Balaban J connectivity index is 2.46. The van der Waals surface area contributed by atoms with E-state index in [4.69, 9.17) is 4.74 Å². The highest BCUT2D eigenvalue weighted by atomic mass is 19.1. The fourth-order valence-corrected chi connectivity index (χ4v) is 2.35. The first-order chi connectivity index (χ1) is 12.0. The second-order valence-corrected chi connectivity index (χ2v) is 5.36. The molecule has 0 bridgehead atoms. The molecule has 5 nitrogen and oxygen atoms in total. The summed E-state index contributed by atoms with van der Waals surface area (Å²) < 4.78 is 18.4. The molecule has 0 unspecified atom stereocenters. The highest BCUT2D eigenvalue weighted by Gasteiger charge is 2.14. The van der Waals surface area contributed by atoms with Crippen LogP contribution in [0.2, 0.25) is 0 Å². The number of aryl methyl sites for hydroxylation is 1. The number of rotatable bonds is 6. The fraction of sp³-hybridized carbons (Fsp3) is 0.158. The van der Waals surface area contributed by atoms with Gasteiger partial charge in [0.2, 0.25) is 5.76 Å². The van der Waals surface area contributed by atoms with Crippen LogP contribution in [0.3, 0.4) is 0 Å². The molecule has 0 aliphatic heterocycles. The maximum Gasteiger partial charge on any atom is 0.312 e. The van der Waals surface area contributed by atoms with Gasteiger partial charge in [-0.25, -0.2) is 9.38 Å². The highest BCUT2D eigenvalue weighted by molar-refractivity contribution is 5.94. The van der Waals surface area contributed by atoms with E-state index in [1.165, 1.54) is 25.4 Å². The quantitative estimate of drug-likeness (QED) is 0.495. The van der Waals surface area contributed by atoms with Crippen molar-refractivity contribution in [2.45, 2.75) is 13.5 Å². The van der Waals surface area contributed by atoms with Gasteiger partial charge in [0.15, 0.2) is 11.6 Å². The summed E-state index contributed by atoms with van der Waals surface area (Å²) in [6, 6.07) is 11.7. The number of anilines is 1. The third kappa shape index (κ3) is 4.44. The van der Waals surface area contributed by atoms with Crippen LogP contribution in [0.25, 0.3) is 0 Å². The number of benzene rings is 2. The summed E-state index contributed by atoms with van der Waals surface area (Å²) in [6.07, 6.45) is 1.51. The monoisotopic (exact) mass is 342 g/mol. The van der Waals surface area contributed by atoms with Gasteiger partial charge in [-0.2, -0.15) is 0 Å². The van der Waals surface area contributed by atoms with Crippen molar-refractivity contribution in [3.05, 3.63) is 71.4 Å². The lowest BCUT2D eigenvalue weighted by Crippen LogP contribution is -2.19. The number of para-hydroxylation sites is 1. The van der Waals surface area contributed by atoms with Crippen molar-refractivity contribution in [2.24, 2.45) is 4.99 Å². The molecule has 2 aromatic carbocycles. The Kier molecular flexibility index (Phi) is 5.89. The maximum atomic E-state index is 13.3. The maximum absolute atomic E-state index is 13.3. The van der Waals surface area contributed by atoms with Gasteiger partial charge in [-0.1, -0.05) is 24.3 Å². The molecule has 130 valence electrons. The number of ether oxygens (including phenoxy) is 1. The lowest BCUT2D eigenvalue weighted by atomic mass is 10.1. The number of aromatic hydroxyl groups is 1. The Morgan fingerprint density at radius 2 is 2.08 bits per heavy atom. The van der Waals surface area contributed by atoms with Gasteiger partial charge in [0, 0.05) is 12.2 Å². The zero-order valence-electron chi connectivity index (χ0n) is 14.1. The third-order valence-electron chi connectivity index (χ3n) is 3.64. The minimum atomic E-state index is -0.689. The first-order valence-corrected chi connectivity index (χ1v) is 7.52. The molecule has 0 heterocycles. The molecule has 0 spiro atoms. The SMILES string of the molecule is C=NC(=O)/C(=C\N(Cc1ccc(F)c(O)c1)c1ccccc1C)OC. The van der Waals surface area contributed by atoms with E-state index in [9.17, 15) is 14.3 Å². The van der Waals surface area contributed by atoms with E-state index < -0.39 is 17.5 Å². The number of carbonyl (C=O) groups is 1. The van der Waals surface area contributed by atoms with Crippen LogP contribution in [-0.4, -0.2) is 24.8 Å². The summed E-state index contributed by atoms with van der Waals surface area (Å²) >= 11 is 0. The van der Waals surface area contributed by atoms with Crippen molar-refractivity contribution in [2.75, 3.05) is 12.0 Å². The average molecular weight is 342 g/mol. The first-order valence-electron chi connectivity index (χ1n) is 7.52. The van der Waals surface area contributed by atoms with Crippen LogP contribution in [0.15, 0.2) is 59.4 Å². The van der Waals surface area contributed by atoms with Gasteiger partial charge >= 0.3 is 5.91 Å². The Morgan fingerprint density at radius 1 is 1.36 bits per heavy atom. The summed E-state index contributed by atoms with van der Waals surface area (Å²) in [6.45, 7) is 5.44. The van der Waals surface area contributed by atoms with Gasteiger partial charge in [-0.05, 0) is 43.0 Å². The van der Waals surface area contributed by atoms with Crippen LogP contribution in [0, 0.1) is 12.7 Å². The zero-order valence-corrected chi connectivity index (χ0v) is 14.1. The number of phenolic OH excluding ortho intramolecular Hbond substituents is 1. The molecule has 0 saturated heterocycles. The second-order valence-electron chi connectivity index (χ2n) is 5.36. The van der Waals surface area contributed by atoms with Crippen molar-refractivity contribution in [1.82, 2.24) is 0 Å². The number of phenols is 1. The van der Waals surface area contributed by atoms with Gasteiger partial charge in [-0.3, -0.25) is 4.79 Å². The second kappa shape index (κ2) is 8.10. The van der Waals surface area contributed by atoms with E-state index in [-0.39, 0.29) is 12.3 Å². The molecule has 6 heteroatoms. The molecule has 0 aliphatic carbocycles. The molecule has 0 saturated carbocycles. The number of carbonyl (C=O) groups excluding carboxylic acids is 1. The number of halogens is 1. The summed E-state index contributed by atoms with van der Waals surface area (Å²) in [5.74, 6) is -1.69. The minimum absolute atomic E-state index is 0.0181. The van der Waals surface area contributed by atoms with Crippen LogP contribution in [0.1, 0.15) is 11.1 Å². The normalized spacial score (nSPS) is 11.1. The molecular weight excluding hydrogens is 323 g/mol. The van der Waals surface area contributed by atoms with Crippen molar-refractivity contribution >= 4 is 18.3 Å². The Bertz CT molecular complexity index is 818. The summed E-state index contributed by atoms with van der Waals surface area (Å²) in [4.78, 5) is 16.9. The number of hydrogen-bond acceptors (Lipinski definition) is 4. The lowest BCUT2D eigenvalue weighted by Gasteiger charge is -2.23. The van der Waals surface area contributed by atoms with Crippen molar-refractivity contribution in [3.8, 4) is 5.75 Å². The number of nitrogens with zero attached hydrogens (tertiary/aromatic N) is 2. The summed E-state index contributed by atoms with van der Waals surface area (Å²) in [5.41, 5.74) is 2.46. The van der Waals surface area contributed by atoms with Crippen LogP contribution < -0.4 is 4.90 Å². The lowest BCUT2D eigenvalue weighted by molar-refractivity contribution is -0.117. The van der Waals surface area contributed by atoms with Crippen molar-refractivity contribution in [1.29, 1.82) is 0 Å². The molecule has 0 fully saturated rings. The number of aliphatic imine (C=N–C) groups is 1. The molecule has 0 atom stereocenters. The van der Waals surface area contributed by atoms with E-state index in [0.717, 1.165) is 11.3 Å². The van der Waals surface area contributed by atoms with Crippen molar-refractivity contribution < 1.29 is 19.0 Å². The van der Waals surface area contributed by atoms with E-state index >= 15 is 0 Å². The van der Waals surface area contributed by atoms with Crippen LogP contribution in [0.5, 0.6) is 5.75 Å². The molecule has 1 amide bonds. The van der Waals surface area contributed by atoms with Gasteiger partial charge in [0.25, 0.3) is 0 Å². The Morgan fingerprint density at radius 3 is 2.68 bits per heavy atom. The smallest absolute Gasteiger partial charge is 0.312 e. The topological polar surface area (TPSA) is 62.1 Å². The van der Waals surface area contributed by atoms with Crippen LogP contribution in [0.4, 0.5) is 10.1 Å². The largest absolute Gasteiger partial charge is 0.505 e. The van der Waals surface area contributed by atoms with Gasteiger partial charge < -0.3 is 14.7 Å². The third-order valence-corrected chi connectivity index (χ3v) is 3.64. The Hall–Kier alpha value is -3.15. The van der Waals surface area contributed by atoms with E-state index in [0.29, 0.717) is 5.56 Å². The molecule has 2 aromatic rings. The number of amides is 1. The zero-order chi connectivity index (χ0) is 18.4. The number of methoxy groups -OCH3 is 1. The van der Waals surface area contributed by atoms with Gasteiger partial charge in [0.05, 0.1) is 13.3 Å². The standard InChI is InChI=1S/C19H19FN2O3/c1-13-6-4-5-7-16(13)22(12-18(25-3)19(24)21-2)11-14-8-9-15(20)17(23)10-14/h4-10,12,23H,2,11H2,1,3H3/b18-12+. The molecule has 1 N–H and O–H groups in total. The fourth-order valence-electron chi connectivity index (χ4n) is 2.35. The molecular formula is C19H19FN2O3. The molecule has 0 radical (unpaired) electrons. The van der Waals surface area contributed by atoms with Crippen molar-refractivity contribution in [3.63, 3.8) is 0 Å². The van der Waals surface area contributed by atoms with E-state index in [1.807, 2.05) is 31.2 Å². The number of hydrogen-bond donors (Lipinski definition) is 1. The highest BCUT2D eigenvalue weighted by Crippen LogP contribution is 2.25. The summed E-state index contributed by atoms with van der Waals surface area (Å²) in [5, 5.41) is 9.58. The first kappa shape index (κ1) is 18.2. The van der Waals surface area contributed by atoms with Gasteiger partial charge in [0.1, 0.15) is 0 Å².